The highest BCUT2D eigenvalue weighted by molar-refractivity contribution is 7.90. The minimum atomic E-state index is -3.36. The minimum Gasteiger partial charge on any atom is -0.280 e. The number of hydrogen-bond donors (Lipinski definition) is 2. The van der Waals surface area contributed by atoms with Gasteiger partial charge in [0.2, 0.25) is 10.0 Å². The molecule has 0 radical (unpaired) electrons. The number of benzene rings is 1. The fourth-order valence-corrected chi connectivity index (χ4v) is 4.71. The van der Waals surface area contributed by atoms with E-state index in [2.05, 4.69) is 14.9 Å². The van der Waals surface area contributed by atoms with Gasteiger partial charge in [-0.25, -0.2) is 17.5 Å². The molecule has 1 aromatic heterocycles. The Morgan fingerprint density at radius 1 is 1.22 bits per heavy atom. The molecule has 0 bridgehead atoms. The van der Waals surface area contributed by atoms with Crippen LogP contribution >= 0.6 is 11.6 Å². The van der Waals surface area contributed by atoms with Crippen molar-refractivity contribution in [1.29, 1.82) is 0 Å². The lowest BCUT2D eigenvalue weighted by atomic mass is 9.84. The molecule has 0 amide bonds. The molecule has 2 aromatic rings. The molecular formula is C19H25ClFN3O2S. The summed E-state index contributed by atoms with van der Waals surface area (Å²) in [5.74, 6) is -0.151. The van der Waals surface area contributed by atoms with Crippen molar-refractivity contribution in [2.24, 2.45) is 0 Å². The molecule has 0 unspecified atom stereocenters. The lowest BCUT2D eigenvalue weighted by Gasteiger charge is -2.31. The zero-order chi connectivity index (χ0) is 19.8. The molecule has 27 heavy (non-hydrogen) atoms. The average molecular weight is 414 g/mol. The Labute approximate surface area is 164 Å². The van der Waals surface area contributed by atoms with E-state index < -0.39 is 14.8 Å². The van der Waals surface area contributed by atoms with Crippen LogP contribution in [0.3, 0.4) is 0 Å². The van der Waals surface area contributed by atoms with Gasteiger partial charge in [0.25, 0.3) is 0 Å². The summed E-state index contributed by atoms with van der Waals surface area (Å²) in [6, 6.07) is 6.12. The molecule has 0 spiro atoms. The van der Waals surface area contributed by atoms with Gasteiger partial charge >= 0.3 is 0 Å². The van der Waals surface area contributed by atoms with E-state index in [9.17, 15) is 12.8 Å². The normalized spacial score (nSPS) is 21.4. The summed E-state index contributed by atoms with van der Waals surface area (Å²) < 4.78 is 40.1. The predicted molar refractivity (Wildman–Crippen MR) is 106 cm³/mol. The van der Waals surface area contributed by atoms with E-state index in [0.717, 1.165) is 31.4 Å². The molecule has 0 saturated heterocycles. The Balaban J connectivity index is 1.69. The van der Waals surface area contributed by atoms with Gasteiger partial charge in [-0.05, 0) is 58.6 Å². The molecule has 8 heteroatoms. The topological polar surface area (TPSA) is 74.8 Å². The summed E-state index contributed by atoms with van der Waals surface area (Å²) in [5.41, 5.74) is 2.02. The molecule has 1 aliphatic carbocycles. The van der Waals surface area contributed by atoms with Crippen molar-refractivity contribution < 1.29 is 12.8 Å². The van der Waals surface area contributed by atoms with Crippen molar-refractivity contribution in [1.82, 2.24) is 14.9 Å². The van der Waals surface area contributed by atoms with Crippen LogP contribution in [0.5, 0.6) is 0 Å². The van der Waals surface area contributed by atoms with Gasteiger partial charge in [0.15, 0.2) is 0 Å². The lowest BCUT2D eigenvalue weighted by molar-refractivity contribution is 0.367. The third-order valence-electron chi connectivity index (χ3n) is 5.09. The summed E-state index contributed by atoms with van der Waals surface area (Å²) in [7, 11) is -3.36. The first-order valence-corrected chi connectivity index (χ1v) is 11.0. The third kappa shape index (κ3) is 4.36. The van der Waals surface area contributed by atoms with Gasteiger partial charge in [-0.2, -0.15) is 5.10 Å². The number of aromatic nitrogens is 2. The highest BCUT2D eigenvalue weighted by Gasteiger charge is 2.34. The van der Waals surface area contributed by atoms with Crippen LogP contribution in [0.4, 0.5) is 4.39 Å². The summed E-state index contributed by atoms with van der Waals surface area (Å²) in [6.45, 7) is 5.08. The quantitative estimate of drug-likeness (QED) is 0.768. The molecule has 0 atom stereocenters. The van der Waals surface area contributed by atoms with E-state index in [1.807, 2.05) is 0 Å². The van der Waals surface area contributed by atoms with Gasteiger partial charge in [-0.15, -0.1) is 0 Å². The average Bonchev–Trinajstić information content (AvgIpc) is 2.96. The van der Waals surface area contributed by atoms with Crippen LogP contribution in [0.2, 0.25) is 5.02 Å². The Morgan fingerprint density at radius 2 is 1.89 bits per heavy atom. The molecule has 3 rings (SSSR count). The first kappa shape index (κ1) is 20.3. The number of halogens is 2. The largest absolute Gasteiger partial charge is 0.280 e. The molecular weight excluding hydrogens is 389 g/mol. The van der Waals surface area contributed by atoms with E-state index in [1.54, 1.807) is 32.9 Å². The van der Waals surface area contributed by atoms with Crippen LogP contribution in [0.25, 0.3) is 11.3 Å². The Morgan fingerprint density at radius 3 is 2.48 bits per heavy atom. The minimum absolute atomic E-state index is 0.0603. The number of aromatic amines is 1. The zero-order valence-electron chi connectivity index (χ0n) is 15.7. The SMILES string of the molecule is CC(C)(C)S(=O)(=O)NC1CCC(c2[nH]nc(-c3cccc(F)c3)c2Cl)CC1. The third-order valence-corrected chi connectivity index (χ3v) is 7.73. The first-order valence-electron chi connectivity index (χ1n) is 9.10. The fraction of sp³-hybridized carbons (Fsp3) is 0.526. The van der Waals surface area contributed by atoms with Crippen molar-refractivity contribution in [3.8, 4) is 11.3 Å². The molecule has 1 aliphatic rings. The summed E-state index contributed by atoms with van der Waals surface area (Å²) in [5, 5.41) is 7.80. The second kappa shape index (κ2) is 7.53. The van der Waals surface area contributed by atoms with Crippen molar-refractivity contribution in [3.63, 3.8) is 0 Å². The number of hydrogen-bond acceptors (Lipinski definition) is 3. The number of H-pyrrole nitrogens is 1. The Hall–Kier alpha value is -1.44. The van der Waals surface area contributed by atoms with Crippen molar-refractivity contribution in [2.75, 3.05) is 0 Å². The number of rotatable bonds is 4. The van der Waals surface area contributed by atoms with Gasteiger partial charge in [0.1, 0.15) is 11.5 Å². The predicted octanol–water partition coefficient (Wildman–Crippen LogP) is 4.61. The zero-order valence-corrected chi connectivity index (χ0v) is 17.3. The van der Waals surface area contributed by atoms with Gasteiger partial charge in [-0.1, -0.05) is 23.7 Å². The number of nitrogens with one attached hydrogen (secondary N) is 2. The molecule has 1 aromatic carbocycles. The summed E-state index contributed by atoms with van der Waals surface area (Å²) in [4.78, 5) is 0. The molecule has 0 aliphatic heterocycles. The monoisotopic (exact) mass is 413 g/mol. The Bertz CT molecular complexity index is 913. The second-order valence-electron chi connectivity index (χ2n) is 8.09. The van der Waals surface area contributed by atoms with Crippen LogP contribution < -0.4 is 4.72 Å². The lowest BCUT2D eigenvalue weighted by Crippen LogP contribution is -2.45. The molecule has 1 fully saturated rings. The van der Waals surface area contributed by atoms with Crippen LogP contribution in [-0.4, -0.2) is 29.4 Å². The van der Waals surface area contributed by atoms with Gasteiger partial charge in [-0.3, -0.25) is 5.10 Å². The van der Waals surface area contributed by atoms with E-state index in [1.165, 1.54) is 12.1 Å². The summed E-state index contributed by atoms with van der Waals surface area (Å²) in [6.07, 6.45) is 3.10. The maximum atomic E-state index is 13.5. The van der Waals surface area contributed by atoms with E-state index in [-0.39, 0.29) is 17.8 Å². The maximum Gasteiger partial charge on any atom is 0.216 e. The van der Waals surface area contributed by atoms with Crippen molar-refractivity contribution in [2.45, 2.75) is 63.2 Å². The molecule has 5 nitrogen and oxygen atoms in total. The highest BCUT2D eigenvalue weighted by Crippen LogP contribution is 2.39. The molecule has 1 saturated carbocycles. The molecule has 1 heterocycles. The van der Waals surface area contributed by atoms with Crippen LogP contribution in [0, 0.1) is 5.82 Å². The van der Waals surface area contributed by atoms with E-state index in [4.69, 9.17) is 11.6 Å². The van der Waals surface area contributed by atoms with Gasteiger partial charge in [0.05, 0.1) is 15.5 Å². The van der Waals surface area contributed by atoms with Crippen molar-refractivity contribution >= 4 is 21.6 Å². The standard InChI is InChI=1S/C19H25ClFN3O2S/c1-19(2,3)27(25,26)24-15-9-7-12(8-10-15)17-16(20)18(23-22-17)13-5-4-6-14(21)11-13/h4-6,11-12,15,24H,7-10H2,1-3H3,(H,22,23). The second-order valence-corrected chi connectivity index (χ2v) is 10.9. The van der Waals surface area contributed by atoms with Gasteiger partial charge < -0.3 is 0 Å². The van der Waals surface area contributed by atoms with E-state index >= 15 is 0 Å². The number of sulfonamides is 1. The van der Waals surface area contributed by atoms with Crippen LogP contribution in [0.15, 0.2) is 24.3 Å². The highest BCUT2D eigenvalue weighted by atomic mass is 35.5. The fourth-order valence-electron chi connectivity index (χ4n) is 3.34. The molecule has 148 valence electrons. The van der Waals surface area contributed by atoms with E-state index in [0.29, 0.717) is 16.3 Å². The molecule has 2 N–H and O–H groups in total. The van der Waals surface area contributed by atoms with Crippen LogP contribution in [-0.2, 0) is 10.0 Å². The van der Waals surface area contributed by atoms with Gasteiger partial charge in [0, 0.05) is 17.5 Å². The van der Waals surface area contributed by atoms with Crippen molar-refractivity contribution in [3.05, 3.63) is 40.8 Å². The Kier molecular flexibility index (Phi) is 5.66. The maximum absolute atomic E-state index is 13.5. The smallest absolute Gasteiger partial charge is 0.216 e. The number of nitrogens with zero attached hydrogens (tertiary/aromatic N) is 1. The summed E-state index contributed by atoms with van der Waals surface area (Å²) >= 11 is 6.52. The van der Waals surface area contributed by atoms with Crippen LogP contribution in [0.1, 0.15) is 58.1 Å². The first-order chi connectivity index (χ1) is 12.6.